The van der Waals surface area contributed by atoms with Gasteiger partial charge in [0.15, 0.2) is 0 Å². The minimum absolute atomic E-state index is 0.788. The Morgan fingerprint density at radius 2 is 2.28 bits per heavy atom. The second-order valence-electron chi connectivity index (χ2n) is 4.50. The Kier molecular flexibility index (Phi) is 2.99. The molecule has 0 atom stereocenters. The van der Waals surface area contributed by atoms with Crippen molar-refractivity contribution in [1.29, 1.82) is 0 Å². The molecule has 0 amide bonds. The van der Waals surface area contributed by atoms with Crippen LogP contribution < -0.4 is 10.1 Å². The summed E-state index contributed by atoms with van der Waals surface area (Å²) in [4.78, 5) is 4.31. The number of hydrogen-bond acceptors (Lipinski definition) is 3. The summed E-state index contributed by atoms with van der Waals surface area (Å²) in [5, 5.41) is 3.14. The van der Waals surface area contributed by atoms with E-state index < -0.39 is 0 Å². The smallest absolute Gasteiger partial charge is 0.130 e. The van der Waals surface area contributed by atoms with Crippen molar-refractivity contribution in [2.24, 2.45) is 0 Å². The molecule has 0 bridgehead atoms. The number of nitrogens with one attached hydrogen (secondary N) is 1. The lowest BCUT2D eigenvalue weighted by atomic mass is 10.0. The standard InChI is InChI=1S/C15H16N2O/c1-16-8-11-7-13(10-17-9-11)14-4-2-3-12-5-6-18-15(12)14/h2-4,7,9-10,16H,5-6,8H2,1H3. The van der Waals surface area contributed by atoms with E-state index in [1.165, 1.54) is 11.1 Å². The third kappa shape index (κ3) is 1.97. The van der Waals surface area contributed by atoms with Gasteiger partial charge in [-0.15, -0.1) is 0 Å². The number of pyridine rings is 1. The molecule has 0 saturated heterocycles. The third-order valence-electron chi connectivity index (χ3n) is 3.20. The van der Waals surface area contributed by atoms with Gasteiger partial charge in [0.25, 0.3) is 0 Å². The Bertz CT molecular complexity index is 566. The van der Waals surface area contributed by atoms with Gasteiger partial charge in [0.2, 0.25) is 0 Å². The van der Waals surface area contributed by atoms with Crippen LogP contribution in [-0.4, -0.2) is 18.6 Å². The summed E-state index contributed by atoms with van der Waals surface area (Å²) in [6.07, 6.45) is 4.80. The monoisotopic (exact) mass is 240 g/mol. The second-order valence-corrected chi connectivity index (χ2v) is 4.50. The molecule has 3 heteroatoms. The molecule has 3 rings (SSSR count). The molecule has 0 aliphatic carbocycles. The number of aromatic nitrogens is 1. The molecule has 2 heterocycles. The molecule has 0 saturated carbocycles. The Labute approximate surface area is 107 Å². The molecule has 0 spiro atoms. The molecule has 1 aromatic carbocycles. The van der Waals surface area contributed by atoms with Gasteiger partial charge in [-0.3, -0.25) is 4.98 Å². The minimum Gasteiger partial charge on any atom is -0.492 e. The maximum Gasteiger partial charge on any atom is 0.130 e. The van der Waals surface area contributed by atoms with Crippen LogP contribution in [0.4, 0.5) is 0 Å². The van der Waals surface area contributed by atoms with Crippen molar-refractivity contribution in [3.8, 4) is 16.9 Å². The zero-order valence-electron chi connectivity index (χ0n) is 10.4. The summed E-state index contributed by atoms with van der Waals surface area (Å²) in [5.74, 6) is 1.03. The van der Waals surface area contributed by atoms with E-state index in [0.29, 0.717) is 0 Å². The lowest BCUT2D eigenvalue weighted by Crippen LogP contribution is -2.05. The molecule has 0 unspecified atom stereocenters. The highest BCUT2D eigenvalue weighted by atomic mass is 16.5. The summed E-state index contributed by atoms with van der Waals surface area (Å²) >= 11 is 0. The fourth-order valence-corrected chi connectivity index (χ4v) is 2.38. The molecular formula is C15H16N2O. The van der Waals surface area contributed by atoms with Crippen LogP contribution in [0.25, 0.3) is 11.1 Å². The predicted octanol–water partition coefficient (Wildman–Crippen LogP) is 2.40. The van der Waals surface area contributed by atoms with Gasteiger partial charge >= 0.3 is 0 Å². The van der Waals surface area contributed by atoms with E-state index in [1.807, 2.05) is 19.4 Å². The quantitative estimate of drug-likeness (QED) is 0.894. The summed E-state index contributed by atoms with van der Waals surface area (Å²) in [6, 6.07) is 8.50. The van der Waals surface area contributed by atoms with Gasteiger partial charge in [0, 0.05) is 36.5 Å². The predicted molar refractivity (Wildman–Crippen MR) is 71.6 cm³/mol. The molecule has 1 N–H and O–H groups in total. The third-order valence-corrected chi connectivity index (χ3v) is 3.20. The van der Waals surface area contributed by atoms with Gasteiger partial charge in [0.1, 0.15) is 5.75 Å². The molecule has 0 radical (unpaired) electrons. The minimum atomic E-state index is 0.788. The van der Waals surface area contributed by atoms with Crippen LogP contribution in [0.5, 0.6) is 5.75 Å². The summed E-state index contributed by atoms with van der Waals surface area (Å²) < 4.78 is 5.74. The van der Waals surface area contributed by atoms with E-state index in [4.69, 9.17) is 4.74 Å². The molecule has 0 fully saturated rings. The first-order valence-electron chi connectivity index (χ1n) is 6.22. The summed E-state index contributed by atoms with van der Waals surface area (Å²) in [6.45, 7) is 1.62. The number of rotatable bonds is 3. The van der Waals surface area contributed by atoms with Crippen molar-refractivity contribution in [1.82, 2.24) is 10.3 Å². The number of ether oxygens (including phenoxy) is 1. The highest BCUT2D eigenvalue weighted by Crippen LogP contribution is 2.36. The summed E-state index contributed by atoms with van der Waals surface area (Å²) in [5.41, 5.74) is 4.76. The topological polar surface area (TPSA) is 34.2 Å². The average molecular weight is 240 g/mol. The largest absolute Gasteiger partial charge is 0.492 e. The van der Waals surface area contributed by atoms with Gasteiger partial charge in [-0.2, -0.15) is 0 Å². The average Bonchev–Trinajstić information content (AvgIpc) is 2.87. The number of para-hydroxylation sites is 1. The molecule has 18 heavy (non-hydrogen) atoms. The second kappa shape index (κ2) is 4.78. The Morgan fingerprint density at radius 3 is 3.17 bits per heavy atom. The van der Waals surface area contributed by atoms with Gasteiger partial charge in [-0.05, 0) is 24.2 Å². The van der Waals surface area contributed by atoms with Crippen LogP contribution in [0, 0.1) is 0 Å². The van der Waals surface area contributed by atoms with Crippen molar-refractivity contribution in [2.45, 2.75) is 13.0 Å². The Balaban J connectivity index is 2.05. The maximum atomic E-state index is 5.74. The lowest BCUT2D eigenvalue weighted by molar-refractivity contribution is 0.358. The van der Waals surface area contributed by atoms with Crippen LogP contribution in [0.1, 0.15) is 11.1 Å². The fraction of sp³-hybridized carbons (Fsp3) is 0.267. The first kappa shape index (κ1) is 11.2. The molecular weight excluding hydrogens is 224 g/mol. The van der Waals surface area contributed by atoms with Crippen molar-refractivity contribution in [2.75, 3.05) is 13.7 Å². The van der Waals surface area contributed by atoms with E-state index in [1.54, 1.807) is 0 Å². The van der Waals surface area contributed by atoms with Gasteiger partial charge in [-0.25, -0.2) is 0 Å². The Hall–Kier alpha value is -1.87. The molecule has 92 valence electrons. The highest BCUT2D eigenvalue weighted by Gasteiger charge is 2.16. The van der Waals surface area contributed by atoms with E-state index in [9.17, 15) is 0 Å². The van der Waals surface area contributed by atoms with E-state index >= 15 is 0 Å². The van der Waals surface area contributed by atoms with Crippen LogP contribution in [-0.2, 0) is 13.0 Å². The zero-order valence-corrected chi connectivity index (χ0v) is 10.4. The number of fused-ring (bicyclic) bond motifs is 1. The summed E-state index contributed by atoms with van der Waals surface area (Å²) in [7, 11) is 1.94. The normalized spacial score (nSPS) is 13.2. The van der Waals surface area contributed by atoms with E-state index in [-0.39, 0.29) is 0 Å². The van der Waals surface area contributed by atoms with Crippen molar-refractivity contribution >= 4 is 0 Å². The van der Waals surface area contributed by atoms with Crippen molar-refractivity contribution < 1.29 is 4.74 Å². The zero-order chi connectivity index (χ0) is 12.4. The van der Waals surface area contributed by atoms with Crippen LogP contribution >= 0.6 is 0 Å². The maximum absolute atomic E-state index is 5.74. The highest BCUT2D eigenvalue weighted by molar-refractivity contribution is 5.72. The molecule has 1 aliphatic heterocycles. The van der Waals surface area contributed by atoms with Crippen LogP contribution in [0.3, 0.4) is 0 Å². The van der Waals surface area contributed by atoms with Gasteiger partial charge in [0.05, 0.1) is 6.61 Å². The van der Waals surface area contributed by atoms with E-state index in [2.05, 4.69) is 34.6 Å². The fourth-order valence-electron chi connectivity index (χ4n) is 2.38. The van der Waals surface area contributed by atoms with E-state index in [0.717, 1.165) is 36.4 Å². The first-order valence-corrected chi connectivity index (χ1v) is 6.22. The number of benzene rings is 1. The molecule has 1 aliphatic rings. The SMILES string of the molecule is CNCc1cncc(-c2cccc3c2OCC3)c1. The number of hydrogen-bond donors (Lipinski definition) is 1. The van der Waals surface area contributed by atoms with Crippen molar-refractivity contribution in [3.05, 3.63) is 47.8 Å². The van der Waals surface area contributed by atoms with Crippen LogP contribution in [0.15, 0.2) is 36.7 Å². The van der Waals surface area contributed by atoms with Gasteiger partial charge in [-0.1, -0.05) is 18.2 Å². The van der Waals surface area contributed by atoms with Crippen LogP contribution in [0.2, 0.25) is 0 Å². The molecule has 3 nitrogen and oxygen atoms in total. The Morgan fingerprint density at radius 1 is 1.33 bits per heavy atom. The lowest BCUT2D eigenvalue weighted by Gasteiger charge is -2.09. The first-order chi connectivity index (χ1) is 8.88. The molecule has 2 aromatic rings. The molecule has 1 aromatic heterocycles. The number of nitrogens with zero attached hydrogens (tertiary/aromatic N) is 1. The van der Waals surface area contributed by atoms with Crippen molar-refractivity contribution in [3.63, 3.8) is 0 Å². The van der Waals surface area contributed by atoms with Gasteiger partial charge < -0.3 is 10.1 Å².